The Kier molecular flexibility index (Phi) is 12.9. The zero-order chi connectivity index (χ0) is 43.9. The van der Waals surface area contributed by atoms with Gasteiger partial charge in [-0.2, -0.15) is 0 Å². The quantitative estimate of drug-likeness (QED) is 0.174. The average Bonchev–Trinajstić information content (AvgIpc) is 3.36. The van der Waals surface area contributed by atoms with Gasteiger partial charge in [-0.15, -0.1) is 0 Å². The van der Waals surface area contributed by atoms with Crippen LogP contribution in [0.25, 0.3) is 0 Å². The molecule has 8 nitrogen and oxygen atoms in total. The third kappa shape index (κ3) is 8.80. The Labute approximate surface area is 378 Å². The fourth-order valence-corrected chi connectivity index (χ4v) is 10.6. The Balaban J connectivity index is 1.06. The van der Waals surface area contributed by atoms with Crippen LogP contribution in [0.1, 0.15) is 109 Å². The van der Waals surface area contributed by atoms with Crippen molar-refractivity contribution < 1.29 is 37.9 Å². The third-order valence-electron chi connectivity index (χ3n) is 13.9. The first-order chi connectivity index (χ1) is 31.4. The molecular weight excluding hydrogens is 801 g/mol. The largest absolute Gasteiger partial charge is 0.497 e. The molecule has 9 aliphatic rings. The van der Waals surface area contributed by atoms with Gasteiger partial charge in [0, 0.05) is 33.1 Å². The summed E-state index contributed by atoms with van der Waals surface area (Å²) in [6.07, 6.45) is 11.5. The lowest BCUT2D eigenvalue weighted by atomic mass is 9.65. The number of ether oxygens (including phenoxy) is 8. The van der Waals surface area contributed by atoms with Crippen LogP contribution in [0.4, 0.5) is 0 Å². The number of methoxy groups -OCH3 is 4. The van der Waals surface area contributed by atoms with E-state index in [1.165, 1.54) is 60.8 Å². The zero-order valence-corrected chi connectivity index (χ0v) is 37.7. The maximum absolute atomic E-state index is 6.46. The van der Waals surface area contributed by atoms with E-state index in [4.69, 9.17) is 37.9 Å². The molecule has 7 aliphatic heterocycles. The maximum Gasteiger partial charge on any atom is 0.132 e. The molecule has 15 rings (SSSR count). The molecule has 0 saturated heterocycles. The Bertz CT molecular complexity index is 2150. The first-order valence-corrected chi connectivity index (χ1v) is 22.8. The van der Waals surface area contributed by atoms with Gasteiger partial charge in [-0.25, -0.2) is 0 Å². The standard InChI is InChI=1S/C56H60O8/c1-57-51-31-39-35-61-47-19-11-43(12-20-47)55(27-7-5-8-28-55)45-15-23-49(24-16-45)63-37-41-33-52(58-2)34-42(54(41)60-4)38-64-50-25-17-46(18-26-50)56(29-9-6-10-30-56)44-13-21-48(22-14-44)62-36-40(32-51)53(39)59-3/h11-26,31-34H,5-10,27-30,35-38H2,1-4H3. The molecule has 6 aromatic rings. The zero-order valence-electron chi connectivity index (χ0n) is 37.7. The summed E-state index contributed by atoms with van der Waals surface area (Å²) in [5.74, 6) is 6.08. The average molecular weight is 861 g/mol. The van der Waals surface area contributed by atoms with Crippen molar-refractivity contribution in [1.82, 2.24) is 0 Å². The molecule has 7 heterocycles. The Morgan fingerprint density at radius 3 is 0.797 bits per heavy atom. The first kappa shape index (κ1) is 43.0. The van der Waals surface area contributed by atoms with Gasteiger partial charge in [0.25, 0.3) is 0 Å². The fourth-order valence-electron chi connectivity index (χ4n) is 10.6. The molecule has 0 atom stereocenters. The highest BCUT2D eigenvalue weighted by molar-refractivity contribution is 5.50. The smallest absolute Gasteiger partial charge is 0.132 e. The molecule has 0 radical (unpaired) electrons. The van der Waals surface area contributed by atoms with E-state index in [2.05, 4.69) is 97.1 Å². The van der Waals surface area contributed by atoms with E-state index in [-0.39, 0.29) is 10.8 Å². The Hall–Kier alpha value is -6.28. The minimum atomic E-state index is -0.0955. The summed E-state index contributed by atoms with van der Waals surface area (Å²) in [4.78, 5) is 0. The van der Waals surface area contributed by atoms with Gasteiger partial charge in [0.15, 0.2) is 0 Å². The lowest BCUT2D eigenvalue weighted by Gasteiger charge is -2.39. The van der Waals surface area contributed by atoms with E-state index < -0.39 is 0 Å². The first-order valence-electron chi connectivity index (χ1n) is 22.8. The second-order valence-electron chi connectivity index (χ2n) is 17.5. The number of rotatable bonds is 4. The summed E-state index contributed by atoms with van der Waals surface area (Å²) in [7, 11) is 6.76. The SMILES string of the molecule is COc1cc2c(OC)c(c1)COc1ccc(cc1)C1(CCCCC1)c1ccc(cc1)OCc1cc(OC)cc(c1OC)COc1ccc(cc1)C1(CCCCC1)c1ccc(cc1)OC2. The van der Waals surface area contributed by atoms with Crippen LogP contribution in [0.3, 0.4) is 0 Å². The number of hydrogen-bond acceptors (Lipinski definition) is 8. The summed E-state index contributed by atoms with van der Waals surface area (Å²) in [5.41, 5.74) is 8.55. The van der Waals surface area contributed by atoms with E-state index in [1.54, 1.807) is 28.4 Å². The Morgan fingerprint density at radius 1 is 0.328 bits per heavy atom. The van der Waals surface area contributed by atoms with Crippen molar-refractivity contribution in [2.75, 3.05) is 28.4 Å². The van der Waals surface area contributed by atoms with Crippen LogP contribution < -0.4 is 37.9 Å². The second kappa shape index (κ2) is 19.2. The minimum Gasteiger partial charge on any atom is -0.497 e. The van der Waals surface area contributed by atoms with Crippen LogP contribution in [0, 0.1) is 0 Å². The molecule has 8 heteroatoms. The molecule has 2 saturated carbocycles. The van der Waals surface area contributed by atoms with Crippen molar-refractivity contribution in [3.63, 3.8) is 0 Å². The van der Waals surface area contributed by atoms with Gasteiger partial charge in [-0.1, -0.05) is 87.1 Å². The molecule has 2 fully saturated rings. The van der Waals surface area contributed by atoms with Crippen molar-refractivity contribution in [2.24, 2.45) is 0 Å². The monoisotopic (exact) mass is 860 g/mol. The van der Waals surface area contributed by atoms with Crippen molar-refractivity contribution in [3.8, 4) is 46.0 Å². The van der Waals surface area contributed by atoms with Gasteiger partial charge in [-0.3, -0.25) is 0 Å². The van der Waals surface area contributed by atoms with Crippen molar-refractivity contribution in [2.45, 2.75) is 101 Å². The maximum atomic E-state index is 6.46. The molecular formula is C56H60O8. The van der Waals surface area contributed by atoms with Crippen molar-refractivity contribution in [1.29, 1.82) is 0 Å². The van der Waals surface area contributed by atoms with Crippen LogP contribution in [0.2, 0.25) is 0 Å². The molecule has 0 N–H and O–H groups in total. The summed E-state index contributed by atoms with van der Waals surface area (Å²) in [6.45, 7) is 1.25. The van der Waals surface area contributed by atoms with Gasteiger partial charge < -0.3 is 37.9 Å². The van der Waals surface area contributed by atoms with Crippen LogP contribution >= 0.6 is 0 Å². The van der Waals surface area contributed by atoms with Crippen LogP contribution in [-0.2, 0) is 37.3 Å². The van der Waals surface area contributed by atoms with Crippen molar-refractivity contribution in [3.05, 3.63) is 166 Å². The Morgan fingerprint density at radius 2 is 0.578 bits per heavy atom. The minimum absolute atomic E-state index is 0.0955. The predicted molar refractivity (Wildman–Crippen MR) is 250 cm³/mol. The number of benzene rings is 6. The van der Waals surface area contributed by atoms with Crippen molar-refractivity contribution >= 4 is 0 Å². The van der Waals surface area contributed by atoms with Gasteiger partial charge >= 0.3 is 0 Å². The third-order valence-corrected chi connectivity index (χ3v) is 13.9. The number of hydrogen-bond donors (Lipinski definition) is 0. The highest BCUT2D eigenvalue weighted by atomic mass is 16.5. The van der Waals surface area contributed by atoms with Crippen LogP contribution in [0.15, 0.2) is 121 Å². The molecule has 2 spiro atoms. The van der Waals surface area contributed by atoms with Gasteiger partial charge in [0.1, 0.15) is 72.4 Å². The molecule has 12 bridgehead atoms. The lowest BCUT2D eigenvalue weighted by Crippen LogP contribution is -2.30. The predicted octanol–water partition coefficient (Wildman–Crippen LogP) is 12.9. The highest BCUT2D eigenvalue weighted by Crippen LogP contribution is 2.47. The van der Waals surface area contributed by atoms with Gasteiger partial charge in [0.05, 0.1) is 28.4 Å². The van der Waals surface area contributed by atoms with Gasteiger partial charge in [0.2, 0.25) is 0 Å². The topological polar surface area (TPSA) is 73.8 Å². The van der Waals surface area contributed by atoms with E-state index in [0.717, 1.165) is 93.9 Å². The second-order valence-corrected chi connectivity index (χ2v) is 17.5. The molecule has 332 valence electrons. The fraction of sp³-hybridized carbons (Fsp3) is 0.357. The molecule has 64 heavy (non-hydrogen) atoms. The van der Waals surface area contributed by atoms with E-state index >= 15 is 0 Å². The lowest BCUT2D eigenvalue weighted by molar-refractivity contribution is 0.280. The van der Waals surface area contributed by atoms with E-state index in [0.29, 0.717) is 26.4 Å². The molecule has 0 aromatic heterocycles. The summed E-state index contributed by atoms with van der Waals surface area (Å²) < 4.78 is 49.4. The highest BCUT2D eigenvalue weighted by Gasteiger charge is 2.37. The summed E-state index contributed by atoms with van der Waals surface area (Å²) >= 11 is 0. The van der Waals surface area contributed by atoms with E-state index in [1.807, 2.05) is 24.3 Å². The van der Waals surface area contributed by atoms with Crippen LogP contribution in [-0.4, -0.2) is 28.4 Å². The molecule has 0 amide bonds. The van der Waals surface area contributed by atoms with E-state index in [9.17, 15) is 0 Å². The molecule has 0 unspecified atom stereocenters. The summed E-state index contributed by atoms with van der Waals surface area (Å²) in [6, 6.07) is 42.6. The summed E-state index contributed by atoms with van der Waals surface area (Å²) in [5, 5.41) is 0. The normalized spacial score (nSPS) is 16.9. The van der Waals surface area contributed by atoms with Crippen LogP contribution in [0.5, 0.6) is 46.0 Å². The molecule has 6 aromatic carbocycles. The van der Waals surface area contributed by atoms with Gasteiger partial charge in [-0.05, 0) is 121 Å². The molecule has 2 aliphatic carbocycles.